The summed E-state index contributed by atoms with van der Waals surface area (Å²) in [4.78, 5) is 31.7. The molecule has 0 radical (unpaired) electrons. The van der Waals surface area contributed by atoms with Crippen LogP contribution in [0.5, 0.6) is 5.75 Å². The van der Waals surface area contributed by atoms with Crippen LogP contribution in [0.4, 0.5) is 13.2 Å². The highest BCUT2D eigenvalue weighted by atomic mass is 35.5. The Labute approximate surface area is 318 Å². The van der Waals surface area contributed by atoms with Crippen LogP contribution in [0.25, 0.3) is 0 Å². The highest BCUT2D eigenvalue weighted by Gasteiger charge is 2.55. The number of piperidine rings is 1. The number of amides is 2. The molecule has 2 saturated heterocycles. The zero-order valence-electron chi connectivity index (χ0n) is 30.0. The number of rotatable bonds is 15. The molecule has 5 rings (SSSR count). The average Bonchev–Trinajstić information content (AvgIpc) is 3.54. The van der Waals surface area contributed by atoms with Gasteiger partial charge in [0.1, 0.15) is 5.75 Å². The first kappa shape index (κ1) is 40.7. The Morgan fingerprint density at radius 3 is 1.89 bits per heavy atom. The number of carbonyl (C=O) groups is 2. The molecule has 0 bridgehead atoms. The van der Waals surface area contributed by atoms with E-state index in [1.165, 1.54) is 6.07 Å². The third-order valence-electron chi connectivity index (χ3n) is 9.61. The zero-order chi connectivity index (χ0) is 38.2. The maximum Gasteiger partial charge on any atom is 0.416 e. The Hall–Kier alpha value is -3.43. The Bertz CT molecular complexity index is 1610. The summed E-state index contributed by atoms with van der Waals surface area (Å²) in [7, 11) is 3.21. The fourth-order valence-electron chi connectivity index (χ4n) is 6.90. The molecular formula is C38H46Cl2F3N5O5. The van der Waals surface area contributed by atoms with Crippen LogP contribution in [0.15, 0.2) is 66.7 Å². The molecule has 288 valence electrons. The van der Waals surface area contributed by atoms with Crippen LogP contribution in [-0.2, 0) is 30.9 Å². The molecule has 3 aromatic rings. The fraction of sp³-hybridized carbons (Fsp3) is 0.474. The summed E-state index contributed by atoms with van der Waals surface area (Å²) in [6.07, 6.45) is -3.67. The monoisotopic (exact) mass is 779 g/mol. The number of benzene rings is 3. The summed E-state index contributed by atoms with van der Waals surface area (Å²) in [6.45, 7) is 4.62. The third kappa shape index (κ3) is 10.0. The number of likely N-dealkylation sites (tertiary alicyclic amines) is 1. The number of methoxy groups -OCH3 is 2. The minimum absolute atomic E-state index is 0.0687. The van der Waals surface area contributed by atoms with Crippen LogP contribution in [0, 0.1) is 0 Å². The summed E-state index contributed by atoms with van der Waals surface area (Å²) in [6, 6.07) is 16.3. The topological polar surface area (TPSA) is 104 Å². The molecule has 0 spiro atoms. The zero-order valence-corrected chi connectivity index (χ0v) is 31.5. The van der Waals surface area contributed by atoms with Crippen molar-refractivity contribution in [3.63, 3.8) is 0 Å². The van der Waals surface area contributed by atoms with E-state index in [0.29, 0.717) is 62.3 Å². The molecule has 2 fully saturated rings. The summed E-state index contributed by atoms with van der Waals surface area (Å²) in [5, 5.41) is 11.2. The molecular weight excluding hydrogens is 734 g/mol. The Kier molecular flexibility index (Phi) is 14.0. The molecule has 10 nitrogen and oxygen atoms in total. The van der Waals surface area contributed by atoms with Gasteiger partial charge in [0.2, 0.25) is 5.91 Å². The lowest BCUT2D eigenvalue weighted by Crippen LogP contribution is -2.61. The van der Waals surface area contributed by atoms with Crippen molar-refractivity contribution in [2.75, 3.05) is 66.8 Å². The van der Waals surface area contributed by atoms with Crippen LogP contribution in [0.3, 0.4) is 0 Å². The van der Waals surface area contributed by atoms with Crippen molar-refractivity contribution in [3.8, 4) is 5.75 Å². The van der Waals surface area contributed by atoms with Crippen molar-refractivity contribution >= 4 is 35.0 Å². The van der Waals surface area contributed by atoms with Crippen molar-refractivity contribution in [2.24, 2.45) is 0 Å². The van der Waals surface area contributed by atoms with Gasteiger partial charge in [0.15, 0.2) is 5.66 Å². The van der Waals surface area contributed by atoms with Crippen molar-refractivity contribution in [3.05, 3.63) is 99.0 Å². The summed E-state index contributed by atoms with van der Waals surface area (Å²) >= 11 is 12.5. The van der Waals surface area contributed by atoms with Gasteiger partial charge in [-0.25, -0.2) is 0 Å². The number of nitrogens with one attached hydrogen (secondary N) is 3. The van der Waals surface area contributed by atoms with E-state index >= 15 is 4.79 Å². The lowest BCUT2D eigenvalue weighted by Gasteiger charge is -2.40. The van der Waals surface area contributed by atoms with Gasteiger partial charge in [0.25, 0.3) is 5.91 Å². The molecule has 0 aromatic heterocycles. The smallest absolute Gasteiger partial charge is 0.416 e. The van der Waals surface area contributed by atoms with Crippen LogP contribution in [0.1, 0.15) is 54.1 Å². The number of nitrogens with zero attached hydrogens (tertiary/aromatic N) is 2. The van der Waals surface area contributed by atoms with Gasteiger partial charge >= 0.3 is 6.18 Å². The van der Waals surface area contributed by atoms with E-state index in [2.05, 4.69) is 16.0 Å². The number of hydrogen-bond donors (Lipinski definition) is 3. The molecule has 0 saturated carbocycles. The molecule has 2 unspecified atom stereocenters. The lowest BCUT2D eigenvalue weighted by atomic mass is 9.93. The summed E-state index contributed by atoms with van der Waals surface area (Å²) < 4.78 is 58.1. The highest BCUT2D eigenvalue weighted by molar-refractivity contribution is 6.30. The first-order valence-electron chi connectivity index (χ1n) is 17.6. The molecule has 3 aromatic carbocycles. The summed E-state index contributed by atoms with van der Waals surface area (Å²) in [5.74, 6) is -0.597. The van der Waals surface area contributed by atoms with Crippen LogP contribution in [-0.4, -0.2) is 94.4 Å². The van der Waals surface area contributed by atoms with E-state index in [0.717, 1.165) is 23.3 Å². The highest BCUT2D eigenvalue weighted by Crippen LogP contribution is 2.46. The second-order valence-corrected chi connectivity index (χ2v) is 14.0. The van der Waals surface area contributed by atoms with Crippen molar-refractivity contribution < 1.29 is 37.0 Å². The van der Waals surface area contributed by atoms with Crippen LogP contribution < -0.4 is 20.7 Å². The second kappa shape index (κ2) is 18.3. The average molecular weight is 781 g/mol. The normalized spacial score (nSPS) is 20.9. The van der Waals surface area contributed by atoms with Crippen LogP contribution >= 0.6 is 23.2 Å². The van der Waals surface area contributed by atoms with E-state index in [-0.39, 0.29) is 42.3 Å². The maximum atomic E-state index is 15.1. The van der Waals surface area contributed by atoms with E-state index < -0.39 is 29.5 Å². The van der Waals surface area contributed by atoms with E-state index in [4.69, 9.17) is 37.4 Å². The largest absolute Gasteiger partial charge is 0.493 e. The molecule has 2 heterocycles. The molecule has 15 heteroatoms. The quantitative estimate of drug-likeness (QED) is 0.174. The first-order chi connectivity index (χ1) is 25.4. The van der Waals surface area contributed by atoms with Gasteiger partial charge in [-0.1, -0.05) is 53.5 Å². The molecule has 0 aliphatic carbocycles. The van der Waals surface area contributed by atoms with Crippen molar-refractivity contribution in [1.82, 2.24) is 25.8 Å². The Morgan fingerprint density at radius 2 is 1.42 bits per heavy atom. The van der Waals surface area contributed by atoms with Gasteiger partial charge in [-0.05, 0) is 67.3 Å². The molecule has 2 aliphatic rings. The van der Waals surface area contributed by atoms with E-state index in [9.17, 15) is 18.0 Å². The van der Waals surface area contributed by atoms with Crippen molar-refractivity contribution in [2.45, 2.75) is 49.7 Å². The minimum Gasteiger partial charge on any atom is -0.493 e. The maximum absolute atomic E-state index is 15.1. The second-order valence-electron chi connectivity index (χ2n) is 13.1. The molecule has 2 atom stereocenters. The van der Waals surface area contributed by atoms with Gasteiger partial charge in [-0.2, -0.15) is 13.2 Å². The molecule has 2 amide bonds. The van der Waals surface area contributed by atoms with Gasteiger partial charge in [0, 0.05) is 62.0 Å². The van der Waals surface area contributed by atoms with Gasteiger partial charge in [0.05, 0.1) is 44.0 Å². The lowest BCUT2D eigenvalue weighted by molar-refractivity contribution is -0.141. The van der Waals surface area contributed by atoms with Gasteiger partial charge in [-0.15, -0.1) is 0 Å². The number of hydrogen-bond acceptors (Lipinski definition) is 8. The predicted octanol–water partition coefficient (Wildman–Crippen LogP) is 5.94. The first-order valence-corrected chi connectivity index (χ1v) is 18.3. The van der Waals surface area contributed by atoms with Gasteiger partial charge < -0.3 is 24.4 Å². The van der Waals surface area contributed by atoms with Gasteiger partial charge in [-0.3, -0.25) is 25.1 Å². The predicted molar refractivity (Wildman–Crippen MR) is 197 cm³/mol. The minimum atomic E-state index is -4.63. The number of ether oxygens (including phenoxy) is 3. The molecule has 2 aliphatic heterocycles. The Morgan fingerprint density at radius 1 is 0.887 bits per heavy atom. The number of alkyl halides is 3. The fourth-order valence-corrected chi connectivity index (χ4v) is 7.15. The number of carbonyl (C=O) groups excluding carboxylic acids is 2. The SMILES string of the molecule is CCOc1cc(C(F)(F)F)ccc1C1(C(=O)N2CCC(NC(=O)CN(CCOC)CCOC)CC2)NC(c2ccc(Cl)cc2)C(c2ccc(Cl)cc2)N1. The standard InChI is InChI=1S/C38H46Cl2F3N5O5/c1-4-53-32-23-27(38(41,42)43)9-14-31(32)37(45-34(25-5-10-28(39)11-6-25)35(46-37)26-7-12-29(40)13-8-26)36(50)48-17-15-30(16-18-48)44-33(49)24-47(19-21-51-2)20-22-52-3/h5-14,23,30,34-35,45-46H,4,15-22,24H2,1-3H3,(H,44,49). The summed E-state index contributed by atoms with van der Waals surface area (Å²) in [5.41, 5.74) is -0.799. The molecule has 53 heavy (non-hydrogen) atoms. The molecule has 3 N–H and O–H groups in total. The third-order valence-corrected chi connectivity index (χ3v) is 10.1. The van der Waals surface area contributed by atoms with Crippen molar-refractivity contribution in [1.29, 1.82) is 0 Å². The number of halogens is 5. The Balaban J connectivity index is 1.47. The van der Waals surface area contributed by atoms with Crippen LogP contribution in [0.2, 0.25) is 10.0 Å². The van der Waals surface area contributed by atoms with E-state index in [1.54, 1.807) is 50.3 Å². The van der Waals surface area contributed by atoms with E-state index in [1.807, 2.05) is 29.2 Å².